The Morgan fingerprint density at radius 1 is 1.24 bits per heavy atom. The van der Waals surface area contributed by atoms with Gasteiger partial charge in [0.2, 0.25) is 0 Å². The third-order valence-electron chi connectivity index (χ3n) is 5.13. The number of hydrogen-bond donors (Lipinski definition) is 3. The van der Waals surface area contributed by atoms with E-state index in [1.165, 1.54) is 22.4 Å². The summed E-state index contributed by atoms with van der Waals surface area (Å²) in [6.07, 6.45) is 3.18. The zero-order chi connectivity index (χ0) is 17.2. The van der Waals surface area contributed by atoms with Gasteiger partial charge in [0.25, 0.3) is 0 Å². The number of nitrogens with one attached hydrogen (secondary N) is 3. The molecule has 8 heteroatoms. The Bertz CT molecular complexity index is 744. The molecule has 0 aliphatic carbocycles. The molecule has 0 saturated carbocycles. The largest absolute Gasteiger partial charge is 0.370 e. The van der Waals surface area contributed by atoms with Crippen molar-refractivity contribution < 1.29 is 14.5 Å². The van der Waals surface area contributed by atoms with Crippen molar-refractivity contribution in [3.8, 4) is 0 Å². The second-order valence-corrected chi connectivity index (χ2v) is 8.77. The molecule has 0 amide bonds. The highest BCUT2D eigenvalue weighted by Gasteiger charge is 2.25. The zero-order valence-corrected chi connectivity index (χ0v) is 16.6. The fourth-order valence-electron chi connectivity index (χ4n) is 3.68. The second kappa shape index (κ2) is 7.75. The average Bonchev–Trinajstić information content (AvgIpc) is 2.99. The second-order valence-electron chi connectivity index (χ2n) is 6.92. The van der Waals surface area contributed by atoms with Crippen LogP contribution in [0.15, 0.2) is 5.16 Å². The van der Waals surface area contributed by atoms with Crippen molar-refractivity contribution in [1.82, 2.24) is 9.97 Å². The van der Waals surface area contributed by atoms with Crippen LogP contribution in [0.4, 0.5) is 5.82 Å². The molecule has 2 aliphatic rings. The van der Waals surface area contributed by atoms with Crippen LogP contribution in [-0.4, -0.2) is 69.2 Å². The molecule has 1 atom stereocenters. The Morgan fingerprint density at radius 3 is 2.88 bits per heavy atom. The van der Waals surface area contributed by atoms with E-state index in [2.05, 4.69) is 12.4 Å². The molecule has 0 spiro atoms. The molecule has 0 bridgehead atoms. The molecule has 6 nitrogen and oxygen atoms in total. The maximum absolute atomic E-state index is 5.45. The molecule has 0 aromatic carbocycles. The average molecular weight is 382 g/mol. The van der Waals surface area contributed by atoms with Gasteiger partial charge in [-0.1, -0.05) is 11.8 Å². The monoisotopic (exact) mass is 381 g/mol. The van der Waals surface area contributed by atoms with Crippen molar-refractivity contribution in [1.29, 1.82) is 0 Å². The number of thiophene rings is 1. The van der Waals surface area contributed by atoms with Crippen molar-refractivity contribution in [3.63, 3.8) is 0 Å². The lowest BCUT2D eigenvalue weighted by atomic mass is 10.1. The lowest BCUT2D eigenvalue weighted by Crippen LogP contribution is -3.14. The van der Waals surface area contributed by atoms with Crippen LogP contribution in [0, 0.1) is 0 Å². The third-order valence-corrected chi connectivity index (χ3v) is 6.80. The van der Waals surface area contributed by atoms with Gasteiger partial charge in [0.05, 0.1) is 50.2 Å². The van der Waals surface area contributed by atoms with Crippen molar-refractivity contribution in [3.05, 3.63) is 10.4 Å². The highest BCUT2D eigenvalue weighted by molar-refractivity contribution is 7.98. The normalized spacial score (nSPS) is 21.4. The van der Waals surface area contributed by atoms with Gasteiger partial charge in [-0.05, 0) is 11.8 Å². The number of fused-ring (bicyclic) bond motifs is 3. The summed E-state index contributed by atoms with van der Waals surface area (Å²) >= 11 is 3.49. The highest BCUT2D eigenvalue weighted by Crippen LogP contribution is 2.36. The summed E-state index contributed by atoms with van der Waals surface area (Å²) in [6, 6.07) is 0. The number of thioether (sulfide) groups is 1. The number of aromatic nitrogens is 2. The van der Waals surface area contributed by atoms with Crippen LogP contribution in [0.25, 0.3) is 10.2 Å². The quantitative estimate of drug-likeness (QED) is 0.473. The fraction of sp³-hybridized carbons (Fsp3) is 0.647. The number of rotatable bonds is 5. The minimum atomic E-state index is 0.869. The number of nitrogens with zero attached hydrogens (tertiary/aromatic N) is 2. The number of likely N-dealkylation sites (N-methyl/N-ethyl adjacent to an activating group) is 1. The number of anilines is 1. The number of morpholine rings is 1. The lowest BCUT2D eigenvalue weighted by Gasteiger charge is -2.24. The van der Waals surface area contributed by atoms with E-state index in [1.54, 1.807) is 21.6 Å². The Balaban J connectivity index is 1.57. The maximum Gasteiger partial charge on any atom is 0.190 e. The summed E-state index contributed by atoms with van der Waals surface area (Å²) in [4.78, 5) is 15.4. The third kappa shape index (κ3) is 3.78. The van der Waals surface area contributed by atoms with Gasteiger partial charge in [-0.3, -0.25) is 0 Å². The smallest absolute Gasteiger partial charge is 0.190 e. The Morgan fingerprint density at radius 2 is 2.08 bits per heavy atom. The van der Waals surface area contributed by atoms with Crippen LogP contribution in [0.1, 0.15) is 10.4 Å². The predicted molar refractivity (Wildman–Crippen MR) is 103 cm³/mol. The summed E-state index contributed by atoms with van der Waals surface area (Å²) in [7, 11) is 2.27. The van der Waals surface area contributed by atoms with Crippen LogP contribution < -0.4 is 15.1 Å². The molecule has 2 aliphatic heterocycles. The van der Waals surface area contributed by atoms with Crippen molar-refractivity contribution >= 4 is 39.1 Å². The first-order valence-electron chi connectivity index (χ1n) is 9.07. The van der Waals surface area contributed by atoms with Crippen LogP contribution in [0.3, 0.4) is 0 Å². The molecule has 1 fully saturated rings. The summed E-state index contributed by atoms with van der Waals surface area (Å²) in [5.41, 5.74) is 1.49. The standard InChI is InChI=1S/C17H25N5OS2/c1-21-5-3-12-13(11-21)25-16-14(12)15(19-17(20-16)24-2)18-4-6-22-7-9-23-10-8-22/h3-11H2,1-2H3,(H,18,19,20)/p+2. The van der Waals surface area contributed by atoms with E-state index in [4.69, 9.17) is 14.7 Å². The molecule has 136 valence electrons. The molecule has 25 heavy (non-hydrogen) atoms. The topological polar surface area (TPSA) is 55.9 Å². The van der Waals surface area contributed by atoms with Gasteiger partial charge in [-0.25, -0.2) is 9.97 Å². The molecule has 4 rings (SSSR count). The molecule has 0 radical (unpaired) electrons. The summed E-state index contributed by atoms with van der Waals surface area (Å²) in [5.74, 6) is 1.04. The Labute approximate surface area is 157 Å². The maximum atomic E-state index is 5.45. The van der Waals surface area contributed by atoms with E-state index in [1.807, 2.05) is 17.6 Å². The lowest BCUT2D eigenvalue weighted by molar-refractivity contribution is -0.906. The van der Waals surface area contributed by atoms with Gasteiger partial charge in [-0.2, -0.15) is 0 Å². The Kier molecular flexibility index (Phi) is 5.42. The van der Waals surface area contributed by atoms with Gasteiger partial charge in [0.15, 0.2) is 5.16 Å². The molecule has 1 saturated heterocycles. The number of ether oxygens (including phenoxy) is 1. The van der Waals surface area contributed by atoms with E-state index in [0.717, 1.165) is 68.2 Å². The van der Waals surface area contributed by atoms with Gasteiger partial charge in [-0.15, -0.1) is 11.3 Å². The zero-order valence-electron chi connectivity index (χ0n) is 15.0. The van der Waals surface area contributed by atoms with Gasteiger partial charge < -0.3 is 19.9 Å². The molecule has 4 heterocycles. The van der Waals surface area contributed by atoms with E-state index in [9.17, 15) is 0 Å². The van der Waals surface area contributed by atoms with Crippen LogP contribution in [0.5, 0.6) is 0 Å². The summed E-state index contributed by atoms with van der Waals surface area (Å²) in [5, 5.41) is 5.78. The van der Waals surface area contributed by atoms with E-state index in [-0.39, 0.29) is 0 Å². The van der Waals surface area contributed by atoms with Crippen LogP contribution in [-0.2, 0) is 17.7 Å². The molecule has 3 N–H and O–H groups in total. The first-order chi connectivity index (χ1) is 12.2. The minimum Gasteiger partial charge on any atom is -0.370 e. The first-order valence-corrected chi connectivity index (χ1v) is 11.1. The van der Waals surface area contributed by atoms with Crippen molar-refractivity contribution in [2.75, 3.05) is 64.6 Å². The summed E-state index contributed by atoms with van der Waals surface area (Å²) < 4.78 is 5.45. The Hall–Kier alpha value is -0.930. The van der Waals surface area contributed by atoms with E-state index < -0.39 is 0 Å². The van der Waals surface area contributed by atoms with Gasteiger partial charge in [0.1, 0.15) is 30.3 Å². The molecule has 2 aromatic rings. The number of hydrogen-bond acceptors (Lipinski definition) is 6. The van der Waals surface area contributed by atoms with E-state index in [0.29, 0.717) is 0 Å². The van der Waals surface area contributed by atoms with Crippen LogP contribution >= 0.6 is 23.1 Å². The van der Waals surface area contributed by atoms with E-state index >= 15 is 0 Å². The molecule has 2 aromatic heterocycles. The highest BCUT2D eigenvalue weighted by atomic mass is 32.2. The molecular formula is C17H27N5OS2+2. The fourth-order valence-corrected chi connectivity index (χ4v) is 5.44. The van der Waals surface area contributed by atoms with Crippen molar-refractivity contribution in [2.24, 2.45) is 0 Å². The molecule has 1 unspecified atom stereocenters. The minimum absolute atomic E-state index is 0.869. The van der Waals surface area contributed by atoms with Gasteiger partial charge in [0, 0.05) is 6.42 Å². The predicted octanol–water partition coefficient (Wildman–Crippen LogP) is -0.689. The van der Waals surface area contributed by atoms with Gasteiger partial charge >= 0.3 is 0 Å². The SMILES string of the molecule is CSc1nc(NCC[NH+]2CCOCC2)c2c3c(sc2n1)C[NH+](C)CC3. The molecular weight excluding hydrogens is 354 g/mol. The first kappa shape index (κ1) is 17.5. The number of quaternary nitrogens is 2. The van der Waals surface area contributed by atoms with Crippen LogP contribution in [0.2, 0.25) is 0 Å². The summed E-state index contributed by atoms with van der Waals surface area (Å²) in [6.45, 7) is 8.37. The van der Waals surface area contributed by atoms with Crippen molar-refractivity contribution in [2.45, 2.75) is 18.1 Å².